The highest BCUT2D eigenvalue weighted by Gasteiger charge is 2.30. The first-order chi connectivity index (χ1) is 11.1. The second kappa shape index (κ2) is 6.52. The normalized spacial score (nSPS) is 16.5. The Balaban J connectivity index is 1.69. The van der Waals surface area contributed by atoms with Gasteiger partial charge in [0.25, 0.3) is 0 Å². The smallest absolute Gasteiger partial charge is 0.326 e. The molecule has 1 atom stereocenters. The number of ether oxygens (including phenoxy) is 1. The number of carbonyl (C=O) groups excluding carboxylic acids is 2. The van der Waals surface area contributed by atoms with E-state index < -0.39 is 5.97 Å². The first-order valence-electron chi connectivity index (χ1n) is 7.51. The third-order valence-corrected chi connectivity index (χ3v) is 3.73. The van der Waals surface area contributed by atoms with Gasteiger partial charge in [-0.2, -0.15) is 0 Å². The van der Waals surface area contributed by atoms with Gasteiger partial charge in [0.2, 0.25) is 5.91 Å². The number of benzene rings is 2. The average molecular weight is 310 g/mol. The van der Waals surface area contributed by atoms with Crippen molar-refractivity contribution < 1.29 is 14.3 Å². The molecule has 0 radical (unpaired) electrons. The number of nitrogens with zero attached hydrogens (tertiary/aromatic N) is 1. The number of hydrogen-bond acceptors (Lipinski definition) is 4. The van der Waals surface area contributed by atoms with Crippen molar-refractivity contribution in [3.05, 3.63) is 60.2 Å². The van der Waals surface area contributed by atoms with Crippen LogP contribution >= 0.6 is 0 Å². The van der Waals surface area contributed by atoms with Gasteiger partial charge >= 0.3 is 5.97 Å². The molecule has 2 aromatic rings. The summed E-state index contributed by atoms with van der Waals surface area (Å²) >= 11 is 0. The van der Waals surface area contributed by atoms with Gasteiger partial charge in [0, 0.05) is 0 Å². The van der Waals surface area contributed by atoms with Crippen molar-refractivity contribution in [2.24, 2.45) is 0 Å². The lowest BCUT2D eigenvalue weighted by molar-refractivity contribution is -0.144. The van der Waals surface area contributed by atoms with E-state index in [9.17, 15) is 9.59 Å². The molecule has 23 heavy (non-hydrogen) atoms. The fraction of sp³-hybridized carbons (Fsp3) is 0.222. The Labute approximate surface area is 134 Å². The molecule has 118 valence electrons. The number of amides is 1. The van der Waals surface area contributed by atoms with Gasteiger partial charge in [-0.05, 0) is 24.6 Å². The molecule has 0 saturated heterocycles. The number of nitrogens with one attached hydrogen (secondary N) is 1. The average Bonchev–Trinajstić information content (AvgIpc) is 2.58. The van der Waals surface area contributed by atoms with Crippen molar-refractivity contribution in [1.82, 2.24) is 0 Å². The fourth-order valence-corrected chi connectivity index (χ4v) is 2.55. The maximum absolute atomic E-state index is 12.4. The summed E-state index contributed by atoms with van der Waals surface area (Å²) in [5.74, 6) is -0.563. The van der Waals surface area contributed by atoms with Crippen LogP contribution < -0.4 is 10.2 Å². The van der Waals surface area contributed by atoms with Crippen LogP contribution in [0.2, 0.25) is 0 Å². The first-order valence-corrected chi connectivity index (χ1v) is 7.51. The minimum atomic E-state index is -0.425. The predicted molar refractivity (Wildman–Crippen MR) is 88.1 cm³/mol. The molecule has 5 heteroatoms. The zero-order valence-corrected chi connectivity index (χ0v) is 12.9. The molecule has 0 fully saturated rings. The summed E-state index contributed by atoms with van der Waals surface area (Å²) in [7, 11) is 0. The number of anilines is 2. The van der Waals surface area contributed by atoms with Crippen molar-refractivity contribution in [2.45, 2.75) is 19.6 Å². The molecule has 0 aromatic heterocycles. The molecule has 2 aromatic carbocycles. The van der Waals surface area contributed by atoms with Crippen LogP contribution in [0.3, 0.4) is 0 Å². The summed E-state index contributed by atoms with van der Waals surface area (Å²) < 4.78 is 5.28. The standard InChI is InChI=1S/C18H18N2O3/c1-13-18(22)20(16-10-6-5-9-15(16)19-13)11-17(21)23-12-14-7-3-2-4-8-14/h2-10,13,19H,11-12H2,1H3. The maximum Gasteiger partial charge on any atom is 0.326 e. The minimum Gasteiger partial charge on any atom is -0.459 e. The summed E-state index contributed by atoms with van der Waals surface area (Å²) in [6, 6.07) is 16.5. The monoisotopic (exact) mass is 310 g/mol. The number of rotatable bonds is 4. The molecule has 5 nitrogen and oxygen atoms in total. The number of hydrogen-bond donors (Lipinski definition) is 1. The molecule has 3 rings (SSSR count). The Bertz CT molecular complexity index is 715. The maximum atomic E-state index is 12.4. The van der Waals surface area contributed by atoms with Crippen molar-refractivity contribution in [1.29, 1.82) is 0 Å². The lowest BCUT2D eigenvalue weighted by atomic mass is 10.1. The van der Waals surface area contributed by atoms with Gasteiger partial charge in [0.05, 0.1) is 11.4 Å². The van der Waals surface area contributed by atoms with E-state index in [1.165, 1.54) is 4.90 Å². The highest BCUT2D eigenvalue weighted by molar-refractivity contribution is 6.07. The van der Waals surface area contributed by atoms with E-state index in [-0.39, 0.29) is 25.1 Å². The summed E-state index contributed by atoms with van der Waals surface area (Å²) in [4.78, 5) is 25.9. The van der Waals surface area contributed by atoms with Crippen LogP contribution in [0, 0.1) is 0 Å². The Morgan fingerprint density at radius 3 is 2.61 bits per heavy atom. The zero-order valence-electron chi connectivity index (χ0n) is 12.9. The lowest BCUT2D eigenvalue weighted by Gasteiger charge is -2.33. The Hall–Kier alpha value is -2.82. The SMILES string of the molecule is CC1Nc2ccccc2N(CC(=O)OCc2ccccc2)C1=O. The van der Waals surface area contributed by atoms with Gasteiger partial charge in [-0.1, -0.05) is 42.5 Å². The molecule has 0 bridgehead atoms. The van der Waals surface area contributed by atoms with Crippen LogP contribution in [-0.2, 0) is 20.9 Å². The van der Waals surface area contributed by atoms with Crippen molar-refractivity contribution in [2.75, 3.05) is 16.8 Å². The van der Waals surface area contributed by atoms with Crippen LogP contribution in [0.1, 0.15) is 12.5 Å². The predicted octanol–water partition coefficient (Wildman–Crippen LogP) is 2.58. The van der Waals surface area contributed by atoms with Gasteiger partial charge in [0.1, 0.15) is 19.2 Å². The Morgan fingerprint density at radius 1 is 1.13 bits per heavy atom. The van der Waals surface area contributed by atoms with Crippen molar-refractivity contribution in [3.8, 4) is 0 Å². The van der Waals surface area contributed by atoms with Crippen LogP contribution in [0.4, 0.5) is 11.4 Å². The molecule has 0 aliphatic carbocycles. The highest BCUT2D eigenvalue weighted by Crippen LogP contribution is 2.30. The molecule has 1 aliphatic heterocycles. The summed E-state index contributed by atoms with van der Waals surface area (Å²) in [6.07, 6.45) is 0. The zero-order chi connectivity index (χ0) is 16.2. The molecular weight excluding hydrogens is 292 g/mol. The molecular formula is C18H18N2O3. The van der Waals surface area contributed by atoms with Gasteiger partial charge in [-0.25, -0.2) is 0 Å². The number of carbonyl (C=O) groups is 2. The lowest BCUT2D eigenvalue weighted by Crippen LogP contribution is -2.48. The molecule has 1 unspecified atom stereocenters. The second-order valence-electron chi connectivity index (χ2n) is 5.45. The first kappa shape index (κ1) is 15.1. The molecule has 1 heterocycles. The molecule has 1 aliphatic rings. The minimum absolute atomic E-state index is 0.0886. The van der Waals surface area contributed by atoms with Crippen molar-refractivity contribution in [3.63, 3.8) is 0 Å². The topological polar surface area (TPSA) is 58.6 Å². The van der Waals surface area contributed by atoms with E-state index in [0.29, 0.717) is 5.69 Å². The molecule has 0 saturated carbocycles. The van der Waals surface area contributed by atoms with Crippen LogP contribution in [0.5, 0.6) is 0 Å². The number of esters is 1. The summed E-state index contributed by atoms with van der Waals surface area (Å²) in [6.45, 7) is 1.90. The van der Waals surface area contributed by atoms with E-state index in [1.807, 2.05) is 54.6 Å². The van der Waals surface area contributed by atoms with E-state index in [0.717, 1.165) is 11.3 Å². The summed E-state index contributed by atoms with van der Waals surface area (Å²) in [5, 5.41) is 3.13. The largest absolute Gasteiger partial charge is 0.459 e. The summed E-state index contributed by atoms with van der Waals surface area (Å²) in [5.41, 5.74) is 2.46. The van der Waals surface area contributed by atoms with E-state index in [1.54, 1.807) is 6.92 Å². The highest BCUT2D eigenvalue weighted by atomic mass is 16.5. The third-order valence-electron chi connectivity index (χ3n) is 3.73. The van der Waals surface area contributed by atoms with Gasteiger partial charge in [0.15, 0.2) is 0 Å². The molecule has 1 N–H and O–H groups in total. The number of para-hydroxylation sites is 2. The van der Waals surface area contributed by atoms with E-state index in [2.05, 4.69) is 5.32 Å². The van der Waals surface area contributed by atoms with Crippen molar-refractivity contribution >= 4 is 23.3 Å². The fourth-order valence-electron chi connectivity index (χ4n) is 2.55. The van der Waals surface area contributed by atoms with Gasteiger partial charge in [-0.15, -0.1) is 0 Å². The van der Waals surface area contributed by atoms with Crippen LogP contribution in [-0.4, -0.2) is 24.5 Å². The third kappa shape index (κ3) is 3.34. The van der Waals surface area contributed by atoms with Crippen LogP contribution in [0.25, 0.3) is 0 Å². The van der Waals surface area contributed by atoms with Gasteiger partial charge < -0.3 is 10.1 Å². The molecule has 0 spiro atoms. The number of fused-ring (bicyclic) bond motifs is 1. The van der Waals surface area contributed by atoms with Gasteiger partial charge in [-0.3, -0.25) is 14.5 Å². The van der Waals surface area contributed by atoms with E-state index >= 15 is 0 Å². The molecule has 1 amide bonds. The van der Waals surface area contributed by atoms with Crippen LogP contribution in [0.15, 0.2) is 54.6 Å². The van der Waals surface area contributed by atoms with E-state index in [4.69, 9.17) is 4.74 Å². The quantitative estimate of drug-likeness (QED) is 0.882. The Morgan fingerprint density at radius 2 is 1.83 bits per heavy atom. The Kier molecular flexibility index (Phi) is 4.28. The second-order valence-corrected chi connectivity index (χ2v) is 5.45.